The summed E-state index contributed by atoms with van der Waals surface area (Å²) in [4.78, 5) is 13.4. The summed E-state index contributed by atoms with van der Waals surface area (Å²) in [5.74, 6) is -0.863. The van der Waals surface area contributed by atoms with Crippen LogP contribution in [0.1, 0.15) is 27.8 Å². The van der Waals surface area contributed by atoms with Crippen molar-refractivity contribution in [2.45, 2.75) is 44.3 Å². The minimum atomic E-state index is -3.94. The first-order valence-corrected chi connectivity index (χ1v) is 11.9. The molecule has 1 aliphatic rings. The molecule has 0 saturated carbocycles. The standard InChI is InChI=1S/C25H25FN2O3S/c1-17-11-12-18(2)24(13-17)32(30,31)28-16-21-9-4-3-7-19(21)14-23(28)25(29)27-15-20-8-5-6-10-22(20)26/h3-13,23H,14-16H2,1-2H3,(H,27,29)/t23-/m1/s1. The van der Waals surface area contributed by atoms with Gasteiger partial charge >= 0.3 is 0 Å². The van der Waals surface area contributed by atoms with Gasteiger partial charge in [0.1, 0.15) is 11.9 Å². The zero-order valence-electron chi connectivity index (χ0n) is 18.0. The molecule has 3 aromatic carbocycles. The molecule has 32 heavy (non-hydrogen) atoms. The van der Waals surface area contributed by atoms with Crippen LogP contribution < -0.4 is 5.32 Å². The van der Waals surface area contributed by atoms with Crippen molar-refractivity contribution < 1.29 is 17.6 Å². The summed E-state index contributed by atoms with van der Waals surface area (Å²) in [7, 11) is -3.94. The molecule has 1 atom stereocenters. The number of carbonyl (C=O) groups is 1. The molecule has 166 valence electrons. The van der Waals surface area contributed by atoms with E-state index in [1.165, 1.54) is 10.4 Å². The number of hydrogen-bond acceptors (Lipinski definition) is 3. The number of rotatable bonds is 5. The van der Waals surface area contributed by atoms with Gasteiger partial charge in [-0.25, -0.2) is 12.8 Å². The number of nitrogens with zero attached hydrogens (tertiary/aromatic N) is 1. The summed E-state index contributed by atoms with van der Waals surface area (Å²) in [6, 6.07) is 18.1. The molecule has 0 aliphatic carbocycles. The Balaban J connectivity index is 1.69. The van der Waals surface area contributed by atoms with E-state index in [1.54, 1.807) is 37.3 Å². The van der Waals surface area contributed by atoms with Crippen LogP contribution in [-0.2, 0) is 34.3 Å². The van der Waals surface area contributed by atoms with E-state index in [2.05, 4.69) is 5.32 Å². The number of aryl methyl sites for hydroxylation is 2. The average molecular weight is 453 g/mol. The van der Waals surface area contributed by atoms with Gasteiger partial charge in [-0.1, -0.05) is 54.6 Å². The second-order valence-electron chi connectivity index (χ2n) is 8.12. The predicted octanol–water partition coefficient (Wildman–Crippen LogP) is 3.87. The highest BCUT2D eigenvalue weighted by atomic mass is 32.2. The number of hydrogen-bond donors (Lipinski definition) is 1. The van der Waals surface area contributed by atoms with Crippen LogP contribution in [0.4, 0.5) is 4.39 Å². The Kier molecular flexibility index (Phi) is 6.13. The minimum absolute atomic E-state index is 0.0129. The molecule has 5 nitrogen and oxygen atoms in total. The van der Waals surface area contributed by atoms with E-state index in [-0.39, 0.29) is 24.4 Å². The number of fused-ring (bicyclic) bond motifs is 1. The molecular weight excluding hydrogens is 427 g/mol. The molecule has 3 aromatic rings. The lowest BCUT2D eigenvalue weighted by Crippen LogP contribution is -2.52. The Morgan fingerprint density at radius 2 is 1.72 bits per heavy atom. The molecule has 7 heteroatoms. The van der Waals surface area contributed by atoms with E-state index in [1.807, 2.05) is 37.3 Å². The third-order valence-electron chi connectivity index (χ3n) is 5.85. The first-order chi connectivity index (χ1) is 15.3. The Bertz CT molecular complexity index is 1270. The smallest absolute Gasteiger partial charge is 0.244 e. The number of sulfonamides is 1. The molecule has 1 amide bonds. The maximum absolute atomic E-state index is 14.0. The minimum Gasteiger partial charge on any atom is -0.351 e. The third-order valence-corrected chi connectivity index (χ3v) is 7.85. The number of nitrogens with one attached hydrogen (secondary N) is 1. The van der Waals surface area contributed by atoms with Crippen molar-refractivity contribution in [1.29, 1.82) is 0 Å². The normalized spacial score (nSPS) is 16.4. The SMILES string of the molecule is Cc1ccc(C)c(S(=O)(=O)N2Cc3ccccc3C[C@@H]2C(=O)NCc2ccccc2F)c1. The van der Waals surface area contributed by atoms with Crippen LogP contribution in [0.3, 0.4) is 0 Å². The molecule has 0 unspecified atom stereocenters. The lowest BCUT2D eigenvalue weighted by atomic mass is 9.95. The summed E-state index contributed by atoms with van der Waals surface area (Å²) in [6.45, 7) is 3.67. The number of halogens is 1. The van der Waals surface area contributed by atoms with Crippen molar-refractivity contribution in [3.63, 3.8) is 0 Å². The zero-order chi connectivity index (χ0) is 22.9. The van der Waals surface area contributed by atoms with E-state index in [4.69, 9.17) is 0 Å². The zero-order valence-corrected chi connectivity index (χ0v) is 18.8. The Morgan fingerprint density at radius 3 is 2.47 bits per heavy atom. The summed E-state index contributed by atoms with van der Waals surface area (Å²) < 4.78 is 42.7. The van der Waals surface area contributed by atoms with Crippen molar-refractivity contribution in [3.8, 4) is 0 Å². The largest absolute Gasteiger partial charge is 0.351 e. The van der Waals surface area contributed by atoms with Gasteiger partial charge in [0.05, 0.1) is 4.90 Å². The van der Waals surface area contributed by atoms with Crippen LogP contribution in [0.15, 0.2) is 71.6 Å². The highest BCUT2D eigenvalue weighted by molar-refractivity contribution is 7.89. The van der Waals surface area contributed by atoms with Crippen LogP contribution >= 0.6 is 0 Å². The second-order valence-corrected chi connectivity index (χ2v) is 9.98. The van der Waals surface area contributed by atoms with E-state index < -0.39 is 27.8 Å². The van der Waals surface area contributed by atoms with Crippen LogP contribution in [-0.4, -0.2) is 24.7 Å². The lowest BCUT2D eigenvalue weighted by Gasteiger charge is -2.35. The van der Waals surface area contributed by atoms with Gasteiger partial charge in [0.2, 0.25) is 15.9 Å². The summed E-state index contributed by atoms with van der Waals surface area (Å²) in [5.41, 5.74) is 3.61. The summed E-state index contributed by atoms with van der Waals surface area (Å²) >= 11 is 0. The molecule has 0 fully saturated rings. The van der Waals surface area contributed by atoms with Crippen molar-refractivity contribution in [2.24, 2.45) is 0 Å². The molecule has 0 radical (unpaired) electrons. The fourth-order valence-electron chi connectivity index (χ4n) is 4.03. The molecular formula is C25H25FN2O3S. The van der Waals surface area contributed by atoms with Crippen LogP contribution in [0.5, 0.6) is 0 Å². The Hall–Kier alpha value is -3.03. The van der Waals surface area contributed by atoms with Gasteiger partial charge in [0.15, 0.2) is 0 Å². The van der Waals surface area contributed by atoms with Crippen LogP contribution in [0, 0.1) is 19.7 Å². The van der Waals surface area contributed by atoms with Crippen LogP contribution in [0.25, 0.3) is 0 Å². The third kappa shape index (κ3) is 4.31. The fourth-order valence-corrected chi connectivity index (χ4v) is 5.91. The van der Waals surface area contributed by atoms with Crippen molar-refractivity contribution in [1.82, 2.24) is 9.62 Å². The van der Waals surface area contributed by atoms with E-state index in [9.17, 15) is 17.6 Å². The molecule has 0 spiro atoms. The van der Waals surface area contributed by atoms with Crippen molar-refractivity contribution in [3.05, 3.63) is 100 Å². The number of benzene rings is 3. The lowest BCUT2D eigenvalue weighted by molar-refractivity contribution is -0.125. The van der Waals surface area contributed by atoms with Gasteiger partial charge in [0.25, 0.3) is 0 Å². The first kappa shape index (κ1) is 22.2. The highest BCUT2D eigenvalue weighted by Crippen LogP contribution is 2.31. The van der Waals surface area contributed by atoms with Gasteiger partial charge in [-0.05, 0) is 54.7 Å². The average Bonchev–Trinajstić information content (AvgIpc) is 2.79. The van der Waals surface area contributed by atoms with Gasteiger partial charge in [-0.3, -0.25) is 4.79 Å². The van der Waals surface area contributed by atoms with E-state index in [0.29, 0.717) is 11.1 Å². The van der Waals surface area contributed by atoms with E-state index in [0.717, 1.165) is 16.7 Å². The van der Waals surface area contributed by atoms with E-state index >= 15 is 0 Å². The Labute approximate surface area is 187 Å². The maximum Gasteiger partial charge on any atom is 0.244 e. The van der Waals surface area contributed by atoms with Gasteiger partial charge in [-0.2, -0.15) is 4.31 Å². The van der Waals surface area contributed by atoms with Gasteiger partial charge in [-0.15, -0.1) is 0 Å². The van der Waals surface area contributed by atoms with Gasteiger partial charge < -0.3 is 5.32 Å². The molecule has 1 N–H and O–H groups in total. The fraction of sp³-hybridized carbons (Fsp3) is 0.240. The van der Waals surface area contributed by atoms with Crippen molar-refractivity contribution in [2.75, 3.05) is 0 Å². The molecule has 0 aromatic heterocycles. The number of carbonyl (C=O) groups excluding carboxylic acids is 1. The van der Waals surface area contributed by atoms with Gasteiger partial charge in [0, 0.05) is 18.7 Å². The maximum atomic E-state index is 14.0. The number of amides is 1. The predicted molar refractivity (Wildman–Crippen MR) is 121 cm³/mol. The molecule has 4 rings (SSSR count). The first-order valence-electron chi connectivity index (χ1n) is 10.4. The topological polar surface area (TPSA) is 66.5 Å². The summed E-state index contributed by atoms with van der Waals surface area (Å²) in [6.07, 6.45) is 0.253. The Morgan fingerprint density at radius 1 is 1.03 bits per heavy atom. The molecule has 0 saturated heterocycles. The summed E-state index contributed by atoms with van der Waals surface area (Å²) in [5, 5.41) is 2.73. The van der Waals surface area contributed by atoms with Crippen LogP contribution in [0.2, 0.25) is 0 Å². The molecule has 1 heterocycles. The van der Waals surface area contributed by atoms with Crippen molar-refractivity contribution >= 4 is 15.9 Å². The molecule has 0 bridgehead atoms. The molecule has 1 aliphatic heterocycles. The quantitative estimate of drug-likeness (QED) is 0.639. The highest BCUT2D eigenvalue weighted by Gasteiger charge is 2.40. The monoisotopic (exact) mass is 452 g/mol. The second kappa shape index (κ2) is 8.84.